The van der Waals surface area contributed by atoms with E-state index in [9.17, 15) is 0 Å². The van der Waals surface area contributed by atoms with E-state index < -0.39 is 0 Å². The lowest BCUT2D eigenvalue weighted by Gasteiger charge is -2.31. The predicted molar refractivity (Wildman–Crippen MR) is 74.0 cm³/mol. The lowest BCUT2D eigenvalue weighted by atomic mass is 9.94. The van der Waals surface area contributed by atoms with E-state index in [1.54, 1.807) is 0 Å². The maximum Gasteiger partial charge on any atom is 0.225 e. The monoisotopic (exact) mass is 258 g/mol. The quantitative estimate of drug-likeness (QED) is 0.852. The normalized spacial score (nSPS) is 16.8. The molecule has 0 bridgehead atoms. The molecule has 0 amide bonds. The van der Waals surface area contributed by atoms with Crippen LogP contribution in [0.15, 0.2) is 18.3 Å². The van der Waals surface area contributed by atoms with Crippen LogP contribution in [0.2, 0.25) is 0 Å². The number of nitrogens with two attached hydrogens (primary N) is 1. The first-order valence-corrected chi connectivity index (χ1v) is 6.58. The molecule has 100 valence electrons. The summed E-state index contributed by atoms with van der Waals surface area (Å²) >= 11 is 0. The molecule has 0 saturated carbocycles. The summed E-state index contributed by atoms with van der Waals surface area (Å²) in [6, 6.07) is 3.85. The molecule has 19 heavy (non-hydrogen) atoms. The minimum atomic E-state index is 0.505. The van der Waals surface area contributed by atoms with Crippen molar-refractivity contribution in [3.63, 3.8) is 0 Å². The van der Waals surface area contributed by atoms with Gasteiger partial charge in [-0.3, -0.25) is 5.10 Å². The van der Waals surface area contributed by atoms with Crippen LogP contribution in [0.4, 0.5) is 11.8 Å². The Morgan fingerprint density at radius 3 is 2.79 bits per heavy atom. The van der Waals surface area contributed by atoms with E-state index in [-0.39, 0.29) is 0 Å². The molecule has 3 rings (SSSR count). The Hall–Kier alpha value is -2.11. The van der Waals surface area contributed by atoms with Gasteiger partial charge >= 0.3 is 0 Å². The van der Waals surface area contributed by atoms with E-state index in [1.807, 2.05) is 25.3 Å². The summed E-state index contributed by atoms with van der Waals surface area (Å²) in [5.41, 5.74) is 7.80. The number of aryl methyl sites for hydroxylation is 1. The van der Waals surface area contributed by atoms with Gasteiger partial charge in [-0.05, 0) is 25.8 Å². The van der Waals surface area contributed by atoms with Crippen LogP contribution in [-0.4, -0.2) is 33.3 Å². The van der Waals surface area contributed by atoms with Gasteiger partial charge in [0, 0.05) is 42.7 Å². The Morgan fingerprint density at radius 1 is 1.37 bits per heavy atom. The minimum absolute atomic E-state index is 0.505. The van der Waals surface area contributed by atoms with Crippen molar-refractivity contribution in [2.75, 3.05) is 23.7 Å². The van der Waals surface area contributed by atoms with Crippen molar-refractivity contribution in [3.8, 4) is 0 Å². The van der Waals surface area contributed by atoms with Crippen molar-refractivity contribution in [2.24, 2.45) is 0 Å². The molecule has 0 unspecified atom stereocenters. The van der Waals surface area contributed by atoms with E-state index in [1.165, 1.54) is 0 Å². The van der Waals surface area contributed by atoms with Gasteiger partial charge in [0.1, 0.15) is 5.82 Å². The molecular weight excluding hydrogens is 240 g/mol. The molecule has 3 heterocycles. The molecule has 0 radical (unpaired) electrons. The first-order valence-electron chi connectivity index (χ1n) is 6.58. The zero-order valence-corrected chi connectivity index (χ0v) is 11.0. The van der Waals surface area contributed by atoms with Gasteiger partial charge in [0.25, 0.3) is 0 Å². The second-order valence-corrected chi connectivity index (χ2v) is 5.01. The summed E-state index contributed by atoms with van der Waals surface area (Å²) in [5, 5.41) is 7.01. The van der Waals surface area contributed by atoms with Crippen LogP contribution in [0.5, 0.6) is 0 Å². The van der Waals surface area contributed by atoms with Crippen molar-refractivity contribution in [2.45, 2.75) is 25.7 Å². The summed E-state index contributed by atoms with van der Waals surface area (Å²) in [6.07, 6.45) is 3.96. The topological polar surface area (TPSA) is 83.7 Å². The third kappa shape index (κ3) is 2.52. The van der Waals surface area contributed by atoms with Crippen LogP contribution in [-0.2, 0) is 0 Å². The SMILES string of the molecule is Cc1ccnc(N2CCC(c3cc(N)n[nH]3)CC2)n1. The molecule has 1 aliphatic rings. The molecule has 1 saturated heterocycles. The number of piperidine rings is 1. The van der Waals surface area contributed by atoms with E-state index in [0.717, 1.165) is 43.3 Å². The van der Waals surface area contributed by atoms with E-state index >= 15 is 0 Å². The predicted octanol–water partition coefficient (Wildman–Crippen LogP) is 1.47. The highest BCUT2D eigenvalue weighted by atomic mass is 15.3. The van der Waals surface area contributed by atoms with Crippen LogP contribution >= 0.6 is 0 Å². The molecular formula is C13H18N6. The Labute approximate surface area is 112 Å². The summed E-state index contributed by atoms with van der Waals surface area (Å²) in [5.74, 6) is 1.91. The third-order valence-electron chi connectivity index (χ3n) is 3.62. The fourth-order valence-corrected chi connectivity index (χ4v) is 2.54. The number of hydrogen-bond acceptors (Lipinski definition) is 5. The molecule has 6 heteroatoms. The lowest BCUT2D eigenvalue weighted by molar-refractivity contribution is 0.490. The van der Waals surface area contributed by atoms with Gasteiger partial charge in [-0.15, -0.1) is 0 Å². The van der Waals surface area contributed by atoms with Crippen molar-refractivity contribution in [3.05, 3.63) is 29.7 Å². The van der Waals surface area contributed by atoms with Gasteiger partial charge in [-0.2, -0.15) is 5.10 Å². The number of nitrogen functional groups attached to an aromatic ring is 1. The number of anilines is 2. The molecule has 1 fully saturated rings. The number of aromatic amines is 1. The summed E-state index contributed by atoms with van der Waals surface area (Å²) in [7, 11) is 0. The first-order chi connectivity index (χ1) is 9.22. The summed E-state index contributed by atoms with van der Waals surface area (Å²) in [6.45, 7) is 3.92. The second kappa shape index (κ2) is 4.87. The highest BCUT2D eigenvalue weighted by molar-refractivity contribution is 5.34. The Morgan fingerprint density at radius 2 is 2.16 bits per heavy atom. The number of nitrogens with one attached hydrogen (secondary N) is 1. The molecule has 0 aromatic carbocycles. The zero-order chi connectivity index (χ0) is 13.2. The Kier molecular flexibility index (Phi) is 3.06. The van der Waals surface area contributed by atoms with Crippen LogP contribution < -0.4 is 10.6 Å². The highest BCUT2D eigenvalue weighted by Crippen LogP contribution is 2.28. The van der Waals surface area contributed by atoms with Gasteiger partial charge in [-0.25, -0.2) is 9.97 Å². The van der Waals surface area contributed by atoms with Gasteiger partial charge < -0.3 is 10.6 Å². The van der Waals surface area contributed by atoms with Crippen molar-refractivity contribution in [1.82, 2.24) is 20.2 Å². The van der Waals surface area contributed by atoms with Gasteiger partial charge in [0.2, 0.25) is 5.95 Å². The average Bonchev–Trinajstić information content (AvgIpc) is 2.86. The maximum absolute atomic E-state index is 5.65. The van der Waals surface area contributed by atoms with Crippen LogP contribution in [0.25, 0.3) is 0 Å². The molecule has 0 aliphatic carbocycles. The number of nitrogens with zero attached hydrogens (tertiary/aromatic N) is 4. The number of hydrogen-bond donors (Lipinski definition) is 2. The van der Waals surface area contributed by atoms with E-state index in [0.29, 0.717) is 11.7 Å². The smallest absolute Gasteiger partial charge is 0.225 e. The summed E-state index contributed by atoms with van der Waals surface area (Å²) in [4.78, 5) is 11.1. The Balaban J connectivity index is 1.66. The summed E-state index contributed by atoms with van der Waals surface area (Å²) < 4.78 is 0. The fraction of sp³-hybridized carbons (Fsp3) is 0.462. The Bertz CT molecular complexity index is 556. The molecule has 0 atom stereocenters. The molecule has 2 aromatic heterocycles. The standard InChI is InChI=1S/C13H18N6/c1-9-2-5-15-13(16-9)19-6-3-10(4-7-19)11-8-12(14)18-17-11/h2,5,8,10H,3-4,6-7H2,1H3,(H3,14,17,18). The largest absolute Gasteiger partial charge is 0.382 e. The molecule has 3 N–H and O–H groups in total. The number of aromatic nitrogens is 4. The molecule has 1 aliphatic heterocycles. The number of rotatable bonds is 2. The van der Waals surface area contributed by atoms with Crippen molar-refractivity contribution >= 4 is 11.8 Å². The average molecular weight is 258 g/mol. The minimum Gasteiger partial charge on any atom is -0.382 e. The fourth-order valence-electron chi connectivity index (χ4n) is 2.54. The van der Waals surface area contributed by atoms with Gasteiger partial charge in [0.05, 0.1) is 0 Å². The van der Waals surface area contributed by atoms with E-state index in [2.05, 4.69) is 25.1 Å². The van der Waals surface area contributed by atoms with E-state index in [4.69, 9.17) is 5.73 Å². The molecule has 6 nitrogen and oxygen atoms in total. The highest BCUT2D eigenvalue weighted by Gasteiger charge is 2.23. The lowest BCUT2D eigenvalue weighted by Crippen LogP contribution is -2.34. The van der Waals surface area contributed by atoms with Crippen LogP contribution in [0.1, 0.15) is 30.1 Å². The third-order valence-corrected chi connectivity index (χ3v) is 3.62. The zero-order valence-electron chi connectivity index (χ0n) is 11.0. The van der Waals surface area contributed by atoms with Crippen LogP contribution in [0.3, 0.4) is 0 Å². The first kappa shape index (κ1) is 12.0. The second-order valence-electron chi connectivity index (χ2n) is 5.01. The van der Waals surface area contributed by atoms with Crippen molar-refractivity contribution < 1.29 is 0 Å². The maximum atomic E-state index is 5.65. The van der Waals surface area contributed by atoms with Crippen molar-refractivity contribution in [1.29, 1.82) is 0 Å². The molecule has 0 spiro atoms. The number of H-pyrrole nitrogens is 1. The van der Waals surface area contributed by atoms with Crippen LogP contribution in [0, 0.1) is 6.92 Å². The van der Waals surface area contributed by atoms with Gasteiger partial charge in [-0.1, -0.05) is 0 Å². The van der Waals surface area contributed by atoms with Gasteiger partial charge in [0.15, 0.2) is 0 Å². The molecule has 2 aromatic rings.